The number of carbonyl (C=O) groups is 2. The predicted molar refractivity (Wildman–Crippen MR) is 142 cm³/mol. The average Bonchev–Trinajstić information content (AvgIpc) is 3.53. The van der Waals surface area contributed by atoms with Crippen LogP contribution in [0.2, 0.25) is 5.02 Å². The number of amides is 2. The second kappa shape index (κ2) is 12.4. The number of nitrogens with zero attached hydrogens (tertiary/aromatic N) is 1. The third kappa shape index (κ3) is 8.01. The van der Waals surface area contributed by atoms with Crippen LogP contribution >= 0.6 is 11.6 Å². The first-order chi connectivity index (χ1) is 17.7. The van der Waals surface area contributed by atoms with Gasteiger partial charge in [0, 0.05) is 37.2 Å². The Hall–Kier alpha value is -2.46. The molecule has 2 atom stereocenters. The normalized spacial score (nSPS) is 18.4. The van der Waals surface area contributed by atoms with Crippen LogP contribution in [0.3, 0.4) is 0 Å². The highest BCUT2D eigenvalue weighted by molar-refractivity contribution is 7.89. The van der Waals surface area contributed by atoms with Gasteiger partial charge in [0.05, 0.1) is 11.0 Å². The Morgan fingerprint density at radius 3 is 2.35 bits per heavy atom. The lowest BCUT2D eigenvalue weighted by Crippen LogP contribution is -2.49. The third-order valence-electron chi connectivity index (χ3n) is 6.72. The van der Waals surface area contributed by atoms with E-state index in [4.69, 9.17) is 16.3 Å². The molecule has 37 heavy (non-hydrogen) atoms. The maximum atomic E-state index is 13.3. The molecule has 4 rings (SSSR count). The minimum atomic E-state index is -3.52. The Bertz CT molecular complexity index is 1180. The molecule has 200 valence electrons. The van der Waals surface area contributed by atoms with E-state index >= 15 is 0 Å². The molecule has 2 amide bonds. The summed E-state index contributed by atoms with van der Waals surface area (Å²) in [7, 11) is -3.52. The summed E-state index contributed by atoms with van der Waals surface area (Å²) in [6.07, 6.45) is 4.27. The number of halogens is 1. The Morgan fingerprint density at radius 1 is 1.05 bits per heavy atom. The Kier molecular flexibility index (Phi) is 9.23. The summed E-state index contributed by atoms with van der Waals surface area (Å²) in [5.41, 5.74) is 1.72. The first-order valence-electron chi connectivity index (χ1n) is 12.8. The van der Waals surface area contributed by atoms with Crippen LogP contribution in [-0.2, 0) is 37.3 Å². The largest absolute Gasteiger partial charge is 0.376 e. The summed E-state index contributed by atoms with van der Waals surface area (Å²) in [6.45, 7) is 3.14. The molecule has 0 radical (unpaired) electrons. The molecule has 2 fully saturated rings. The van der Waals surface area contributed by atoms with E-state index in [1.54, 1.807) is 48.2 Å². The maximum Gasteiger partial charge on any atom is 0.242 e. The number of carbonyl (C=O) groups excluding carboxylic acids is 2. The number of sulfonamides is 1. The lowest BCUT2D eigenvalue weighted by Gasteiger charge is -2.29. The van der Waals surface area contributed by atoms with Crippen molar-refractivity contribution in [3.63, 3.8) is 0 Å². The predicted octanol–water partition coefficient (Wildman–Crippen LogP) is 3.43. The van der Waals surface area contributed by atoms with Gasteiger partial charge in [-0.15, -0.1) is 0 Å². The van der Waals surface area contributed by atoms with Crippen molar-refractivity contribution in [1.29, 1.82) is 0 Å². The second-order valence-electron chi connectivity index (χ2n) is 9.74. The van der Waals surface area contributed by atoms with E-state index in [9.17, 15) is 18.0 Å². The molecule has 0 unspecified atom stereocenters. The Morgan fingerprint density at radius 2 is 1.73 bits per heavy atom. The maximum absolute atomic E-state index is 13.3. The van der Waals surface area contributed by atoms with Crippen LogP contribution in [-0.4, -0.2) is 56.5 Å². The standard InChI is InChI=1S/C27H34ClN3O5S/c1-19(27(33)29-17-24-3-2-16-36-24)31(18-21-4-9-22(28)10-5-21)26(32)15-8-20-6-13-25(14-7-20)37(34,35)30-23-11-12-23/h4-7,9-10,13-14,19,23-24,30H,2-3,8,11-12,15-18H2,1H3,(H,29,33)/t19-,24-/m1/s1. The van der Waals surface area contributed by atoms with E-state index in [1.165, 1.54) is 0 Å². The zero-order chi connectivity index (χ0) is 26.4. The van der Waals surface area contributed by atoms with Crippen molar-refractivity contribution >= 4 is 33.4 Å². The minimum Gasteiger partial charge on any atom is -0.376 e. The first-order valence-corrected chi connectivity index (χ1v) is 14.6. The second-order valence-corrected chi connectivity index (χ2v) is 11.9. The third-order valence-corrected chi connectivity index (χ3v) is 8.51. The number of rotatable bonds is 12. The monoisotopic (exact) mass is 547 g/mol. The molecule has 1 saturated heterocycles. The molecule has 1 aliphatic carbocycles. The number of benzene rings is 2. The average molecular weight is 548 g/mol. The van der Waals surface area contributed by atoms with E-state index in [-0.39, 0.29) is 41.8 Å². The molecule has 2 N–H and O–H groups in total. The van der Waals surface area contributed by atoms with Crippen molar-refractivity contribution in [1.82, 2.24) is 14.9 Å². The fraction of sp³-hybridized carbons (Fsp3) is 0.481. The first kappa shape index (κ1) is 27.6. The molecule has 2 aromatic carbocycles. The summed E-state index contributed by atoms with van der Waals surface area (Å²) >= 11 is 6.01. The van der Waals surface area contributed by atoms with Crippen LogP contribution in [0.4, 0.5) is 0 Å². The molecule has 1 aliphatic heterocycles. The van der Waals surface area contributed by atoms with Crippen molar-refractivity contribution in [2.45, 2.75) is 75.1 Å². The molecule has 1 heterocycles. The SMILES string of the molecule is C[C@H](C(=O)NC[C@H]1CCCO1)N(Cc1ccc(Cl)cc1)C(=O)CCc1ccc(S(=O)(=O)NC2CC2)cc1. The molecule has 0 bridgehead atoms. The van der Waals surface area contributed by atoms with E-state index in [1.807, 2.05) is 12.1 Å². The number of hydrogen-bond acceptors (Lipinski definition) is 5. The molecule has 0 aromatic heterocycles. The van der Waals surface area contributed by atoms with E-state index < -0.39 is 16.1 Å². The fourth-order valence-corrected chi connectivity index (χ4v) is 5.69. The van der Waals surface area contributed by atoms with Gasteiger partial charge in [-0.3, -0.25) is 9.59 Å². The molecule has 2 aliphatic rings. The lowest BCUT2D eigenvalue weighted by molar-refractivity contribution is -0.140. The number of nitrogens with one attached hydrogen (secondary N) is 2. The highest BCUT2D eigenvalue weighted by Crippen LogP contribution is 2.23. The summed E-state index contributed by atoms with van der Waals surface area (Å²) < 4.78 is 33.0. The van der Waals surface area contributed by atoms with Crippen LogP contribution in [0.1, 0.15) is 50.2 Å². The molecule has 2 aromatic rings. The van der Waals surface area contributed by atoms with Gasteiger partial charge >= 0.3 is 0 Å². The number of hydrogen-bond donors (Lipinski definition) is 2. The fourth-order valence-electron chi connectivity index (χ4n) is 4.26. The summed E-state index contributed by atoms with van der Waals surface area (Å²) in [6, 6.07) is 13.2. The van der Waals surface area contributed by atoms with Gasteiger partial charge < -0.3 is 15.0 Å². The van der Waals surface area contributed by atoms with Gasteiger partial charge in [0.2, 0.25) is 21.8 Å². The van der Waals surface area contributed by atoms with E-state index in [0.29, 0.717) is 24.6 Å². The van der Waals surface area contributed by atoms with Gasteiger partial charge in [-0.1, -0.05) is 35.9 Å². The van der Waals surface area contributed by atoms with Crippen molar-refractivity contribution in [3.05, 3.63) is 64.7 Å². The summed E-state index contributed by atoms with van der Waals surface area (Å²) in [5.74, 6) is -0.391. The van der Waals surface area contributed by atoms with E-state index in [2.05, 4.69) is 10.0 Å². The van der Waals surface area contributed by atoms with Gasteiger partial charge in [0.25, 0.3) is 0 Å². The van der Waals surface area contributed by atoms with Crippen LogP contribution in [0, 0.1) is 0 Å². The van der Waals surface area contributed by atoms with Gasteiger partial charge in [-0.25, -0.2) is 13.1 Å². The topological polar surface area (TPSA) is 105 Å². The van der Waals surface area contributed by atoms with Crippen molar-refractivity contribution in [2.75, 3.05) is 13.2 Å². The quantitative estimate of drug-likeness (QED) is 0.423. The van der Waals surface area contributed by atoms with Crippen LogP contribution in [0.25, 0.3) is 0 Å². The zero-order valence-electron chi connectivity index (χ0n) is 21.0. The van der Waals surface area contributed by atoms with Crippen molar-refractivity contribution < 1.29 is 22.7 Å². The zero-order valence-corrected chi connectivity index (χ0v) is 22.6. The minimum absolute atomic E-state index is 0.0165. The van der Waals surface area contributed by atoms with Gasteiger partial charge in [0.15, 0.2) is 0 Å². The van der Waals surface area contributed by atoms with Crippen molar-refractivity contribution in [2.24, 2.45) is 0 Å². The Balaban J connectivity index is 1.39. The van der Waals surface area contributed by atoms with Crippen LogP contribution < -0.4 is 10.0 Å². The smallest absolute Gasteiger partial charge is 0.242 e. The Labute approximate surface area is 223 Å². The summed E-state index contributed by atoms with van der Waals surface area (Å²) in [4.78, 5) is 28.1. The highest BCUT2D eigenvalue weighted by Gasteiger charge is 2.29. The molecular formula is C27H34ClN3O5S. The van der Waals surface area contributed by atoms with Crippen molar-refractivity contribution in [3.8, 4) is 0 Å². The van der Waals surface area contributed by atoms with Gasteiger partial charge in [-0.05, 0) is 74.4 Å². The summed E-state index contributed by atoms with van der Waals surface area (Å²) in [5, 5.41) is 3.52. The van der Waals surface area contributed by atoms with Gasteiger partial charge in [0.1, 0.15) is 6.04 Å². The molecule has 0 spiro atoms. The van der Waals surface area contributed by atoms with Crippen LogP contribution in [0.15, 0.2) is 53.4 Å². The lowest BCUT2D eigenvalue weighted by atomic mass is 10.1. The van der Waals surface area contributed by atoms with Gasteiger partial charge in [-0.2, -0.15) is 0 Å². The van der Waals surface area contributed by atoms with Crippen LogP contribution in [0.5, 0.6) is 0 Å². The molecule has 1 saturated carbocycles. The molecular weight excluding hydrogens is 514 g/mol. The molecule has 8 nitrogen and oxygen atoms in total. The number of aryl methyl sites for hydroxylation is 1. The number of ether oxygens (including phenoxy) is 1. The van der Waals surface area contributed by atoms with E-state index in [0.717, 1.165) is 36.8 Å². The highest BCUT2D eigenvalue weighted by atomic mass is 35.5. The molecule has 10 heteroatoms.